The van der Waals surface area contributed by atoms with Crippen molar-refractivity contribution in [3.63, 3.8) is 0 Å². The highest BCUT2D eigenvalue weighted by atomic mass is 79.9. The molecule has 2 aromatic carbocycles. The normalized spacial score (nSPS) is 10.3. The van der Waals surface area contributed by atoms with Crippen LogP contribution >= 0.6 is 39.3 Å². The number of nitrogen functional groups attached to an aromatic ring is 1. The second-order valence-electron chi connectivity index (χ2n) is 4.01. The number of rotatable bonds is 4. The molecule has 1 amide bonds. The van der Waals surface area contributed by atoms with Crippen molar-refractivity contribution >= 4 is 56.6 Å². The van der Waals surface area contributed by atoms with Crippen LogP contribution in [-0.4, -0.2) is 11.7 Å². The highest BCUT2D eigenvalue weighted by molar-refractivity contribution is 9.10. The minimum atomic E-state index is -0.127. The van der Waals surface area contributed by atoms with Gasteiger partial charge in [0.15, 0.2) is 0 Å². The van der Waals surface area contributed by atoms with Crippen LogP contribution in [0.1, 0.15) is 0 Å². The number of nitrogens with one attached hydrogen (secondary N) is 1. The number of amides is 1. The van der Waals surface area contributed by atoms with Crippen LogP contribution in [0.5, 0.6) is 0 Å². The lowest BCUT2D eigenvalue weighted by molar-refractivity contribution is -0.113. The third-order valence-electron chi connectivity index (χ3n) is 2.46. The van der Waals surface area contributed by atoms with Gasteiger partial charge < -0.3 is 11.1 Å². The molecule has 0 atom stereocenters. The van der Waals surface area contributed by atoms with Gasteiger partial charge in [-0.15, -0.1) is 11.8 Å². The zero-order valence-corrected chi connectivity index (χ0v) is 13.6. The minimum Gasteiger partial charge on any atom is -0.399 e. The fourth-order valence-electron chi connectivity index (χ4n) is 1.53. The average Bonchev–Trinajstić information content (AvgIpc) is 2.42. The SMILES string of the molecule is Nc1ccc(Cl)c(NC(=O)CSc2ccccc2Br)c1. The molecule has 0 aliphatic heterocycles. The Bertz CT molecular complexity index is 636. The molecule has 0 aromatic heterocycles. The van der Waals surface area contributed by atoms with E-state index in [4.69, 9.17) is 17.3 Å². The zero-order chi connectivity index (χ0) is 14.5. The molecule has 0 heterocycles. The Morgan fingerprint density at radius 3 is 2.80 bits per heavy atom. The standard InChI is InChI=1S/C14H12BrClN2OS/c15-10-3-1-2-4-13(10)20-8-14(19)18-12-7-9(17)5-6-11(12)16/h1-7H,8,17H2,(H,18,19). The molecule has 0 saturated heterocycles. The summed E-state index contributed by atoms with van der Waals surface area (Å²) in [6.45, 7) is 0. The molecule has 0 bridgehead atoms. The van der Waals surface area contributed by atoms with E-state index in [1.54, 1.807) is 18.2 Å². The van der Waals surface area contributed by atoms with E-state index in [1.807, 2.05) is 24.3 Å². The monoisotopic (exact) mass is 370 g/mol. The van der Waals surface area contributed by atoms with Crippen molar-refractivity contribution < 1.29 is 4.79 Å². The number of hydrogen-bond donors (Lipinski definition) is 2. The first-order chi connectivity index (χ1) is 9.56. The number of anilines is 2. The highest BCUT2D eigenvalue weighted by Gasteiger charge is 2.08. The van der Waals surface area contributed by atoms with Gasteiger partial charge in [-0.05, 0) is 46.3 Å². The van der Waals surface area contributed by atoms with Gasteiger partial charge in [0, 0.05) is 15.1 Å². The summed E-state index contributed by atoms with van der Waals surface area (Å²) >= 11 is 10.9. The van der Waals surface area contributed by atoms with Crippen LogP contribution in [0, 0.1) is 0 Å². The number of benzene rings is 2. The van der Waals surface area contributed by atoms with Crippen LogP contribution in [-0.2, 0) is 4.79 Å². The summed E-state index contributed by atoms with van der Waals surface area (Å²) in [7, 11) is 0. The lowest BCUT2D eigenvalue weighted by Crippen LogP contribution is -2.14. The molecular formula is C14H12BrClN2OS. The van der Waals surface area contributed by atoms with Gasteiger partial charge in [0.2, 0.25) is 5.91 Å². The van der Waals surface area contributed by atoms with Crippen LogP contribution in [0.15, 0.2) is 51.8 Å². The topological polar surface area (TPSA) is 55.1 Å². The fourth-order valence-corrected chi connectivity index (χ4v) is 3.06. The van der Waals surface area contributed by atoms with Crippen molar-refractivity contribution in [3.8, 4) is 0 Å². The molecule has 0 aliphatic rings. The van der Waals surface area contributed by atoms with Gasteiger partial charge in [0.1, 0.15) is 0 Å². The molecule has 20 heavy (non-hydrogen) atoms. The molecule has 0 fully saturated rings. The molecule has 0 unspecified atom stereocenters. The number of halogens is 2. The van der Waals surface area contributed by atoms with Crippen molar-refractivity contribution in [3.05, 3.63) is 52.0 Å². The molecule has 2 rings (SSSR count). The number of hydrogen-bond acceptors (Lipinski definition) is 3. The predicted molar refractivity (Wildman–Crippen MR) is 89.4 cm³/mol. The zero-order valence-electron chi connectivity index (χ0n) is 10.4. The van der Waals surface area contributed by atoms with Gasteiger partial charge in [-0.2, -0.15) is 0 Å². The first-order valence-corrected chi connectivity index (χ1v) is 7.94. The second-order valence-corrected chi connectivity index (χ2v) is 6.29. The quantitative estimate of drug-likeness (QED) is 0.618. The Hall–Kier alpha value is -1.17. The molecule has 6 heteroatoms. The molecule has 0 radical (unpaired) electrons. The number of carbonyl (C=O) groups excluding carboxylic acids is 1. The third-order valence-corrected chi connectivity index (χ3v) is 4.82. The summed E-state index contributed by atoms with van der Waals surface area (Å²) < 4.78 is 0.972. The molecule has 3 nitrogen and oxygen atoms in total. The molecule has 2 aromatic rings. The van der Waals surface area contributed by atoms with Crippen molar-refractivity contribution in [2.45, 2.75) is 4.90 Å². The van der Waals surface area contributed by atoms with Gasteiger partial charge in [-0.1, -0.05) is 23.7 Å². The summed E-state index contributed by atoms with van der Waals surface area (Å²) in [6.07, 6.45) is 0. The van der Waals surface area contributed by atoms with Crippen LogP contribution in [0.4, 0.5) is 11.4 Å². The van der Waals surface area contributed by atoms with E-state index in [2.05, 4.69) is 21.2 Å². The molecule has 104 valence electrons. The highest BCUT2D eigenvalue weighted by Crippen LogP contribution is 2.28. The van der Waals surface area contributed by atoms with Crippen LogP contribution in [0.3, 0.4) is 0 Å². The van der Waals surface area contributed by atoms with E-state index in [0.717, 1.165) is 9.37 Å². The Morgan fingerprint density at radius 2 is 2.05 bits per heavy atom. The average molecular weight is 372 g/mol. The van der Waals surface area contributed by atoms with Gasteiger partial charge >= 0.3 is 0 Å². The van der Waals surface area contributed by atoms with Crippen LogP contribution in [0.2, 0.25) is 5.02 Å². The van der Waals surface area contributed by atoms with E-state index < -0.39 is 0 Å². The number of nitrogens with two attached hydrogens (primary N) is 1. The third kappa shape index (κ3) is 4.16. The number of carbonyl (C=O) groups is 1. The smallest absolute Gasteiger partial charge is 0.234 e. The summed E-state index contributed by atoms with van der Waals surface area (Å²) in [6, 6.07) is 12.7. The summed E-state index contributed by atoms with van der Waals surface area (Å²) in [5.41, 5.74) is 6.76. The van der Waals surface area contributed by atoms with Gasteiger partial charge in [-0.25, -0.2) is 0 Å². The molecule has 0 aliphatic carbocycles. The van der Waals surface area contributed by atoms with E-state index in [9.17, 15) is 4.79 Å². The Kier molecular flexibility index (Phi) is 5.34. The maximum atomic E-state index is 11.9. The van der Waals surface area contributed by atoms with Crippen LogP contribution < -0.4 is 11.1 Å². The fraction of sp³-hybridized carbons (Fsp3) is 0.0714. The molecule has 0 saturated carbocycles. The largest absolute Gasteiger partial charge is 0.399 e. The molecule has 3 N–H and O–H groups in total. The van der Waals surface area contributed by atoms with Crippen molar-refractivity contribution in [1.82, 2.24) is 0 Å². The van der Waals surface area contributed by atoms with Gasteiger partial charge in [-0.3, -0.25) is 4.79 Å². The van der Waals surface area contributed by atoms with Gasteiger partial charge in [0.05, 0.1) is 16.5 Å². The summed E-state index contributed by atoms with van der Waals surface area (Å²) in [4.78, 5) is 12.9. The second kappa shape index (κ2) is 7.02. The minimum absolute atomic E-state index is 0.127. The number of thioether (sulfide) groups is 1. The summed E-state index contributed by atoms with van der Waals surface area (Å²) in [5.74, 6) is 0.173. The maximum Gasteiger partial charge on any atom is 0.234 e. The van der Waals surface area contributed by atoms with Crippen LogP contribution in [0.25, 0.3) is 0 Å². The van der Waals surface area contributed by atoms with E-state index in [0.29, 0.717) is 22.2 Å². The maximum absolute atomic E-state index is 11.9. The lowest BCUT2D eigenvalue weighted by Gasteiger charge is -2.08. The van der Waals surface area contributed by atoms with Crippen molar-refractivity contribution in [1.29, 1.82) is 0 Å². The van der Waals surface area contributed by atoms with E-state index >= 15 is 0 Å². The van der Waals surface area contributed by atoms with E-state index in [1.165, 1.54) is 11.8 Å². The first kappa shape index (κ1) is 15.2. The molecular weight excluding hydrogens is 360 g/mol. The van der Waals surface area contributed by atoms with Crippen molar-refractivity contribution in [2.24, 2.45) is 0 Å². The summed E-state index contributed by atoms with van der Waals surface area (Å²) in [5, 5.41) is 3.22. The van der Waals surface area contributed by atoms with E-state index in [-0.39, 0.29) is 5.91 Å². The Labute approximate surface area is 135 Å². The first-order valence-electron chi connectivity index (χ1n) is 5.78. The predicted octanol–water partition coefficient (Wildman–Crippen LogP) is 4.42. The van der Waals surface area contributed by atoms with Crippen molar-refractivity contribution in [2.75, 3.05) is 16.8 Å². The Balaban J connectivity index is 1.96. The lowest BCUT2D eigenvalue weighted by atomic mass is 10.3. The van der Waals surface area contributed by atoms with Gasteiger partial charge in [0.25, 0.3) is 0 Å². The Morgan fingerprint density at radius 1 is 1.30 bits per heavy atom. The molecule has 0 spiro atoms.